The molecule has 0 aliphatic rings. The molecule has 0 atom stereocenters. The zero-order valence-corrected chi connectivity index (χ0v) is 20.5. The van der Waals surface area contributed by atoms with E-state index in [1.807, 2.05) is 48.8 Å². The molecule has 2 aromatic carbocycles. The Morgan fingerprint density at radius 1 is 0.484 bits per heavy atom. The van der Waals surface area contributed by atoms with Gasteiger partial charge >= 0.3 is 0 Å². The van der Waals surface area contributed by atoms with E-state index in [9.17, 15) is 0 Å². The molecule has 0 spiro atoms. The maximum Gasteiger partial charge on any atom is 0.0802 e. The Labute approximate surface area is 202 Å². The van der Waals surface area contributed by atoms with Crippen LogP contribution in [0.15, 0.2) is 109 Å². The van der Waals surface area contributed by atoms with Crippen LogP contribution >= 0.6 is 22.7 Å². The maximum absolute atomic E-state index is 4.35. The Morgan fingerprint density at radius 2 is 0.903 bits per heavy atom. The van der Waals surface area contributed by atoms with Gasteiger partial charge in [0.1, 0.15) is 0 Å². The topological polar surface area (TPSA) is 25.8 Å². The Balaban J connectivity index is 0.000000144. The fraction of sp³-hybridized carbons (Fsp3) is 0. The van der Waals surface area contributed by atoms with Crippen LogP contribution in [0.3, 0.4) is 0 Å². The van der Waals surface area contributed by atoms with Gasteiger partial charge in [0.05, 0.1) is 21.1 Å². The van der Waals surface area contributed by atoms with E-state index in [-0.39, 0.29) is 20.1 Å². The molecule has 0 amide bonds. The van der Waals surface area contributed by atoms with Crippen molar-refractivity contribution < 1.29 is 20.1 Å². The van der Waals surface area contributed by atoms with Crippen molar-refractivity contribution in [1.29, 1.82) is 0 Å². The molecule has 6 rings (SSSR count). The summed E-state index contributed by atoms with van der Waals surface area (Å²) in [6.45, 7) is 0. The van der Waals surface area contributed by atoms with Crippen LogP contribution in [0.1, 0.15) is 0 Å². The van der Waals surface area contributed by atoms with Crippen LogP contribution in [-0.4, -0.2) is 9.97 Å². The van der Waals surface area contributed by atoms with Gasteiger partial charge in [0.15, 0.2) is 0 Å². The fourth-order valence-corrected chi connectivity index (χ4v) is 5.31. The van der Waals surface area contributed by atoms with Crippen molar-refractivity contribution in [3.63, 3.8) is 0 Å². The van der Waals surface area contributed by atoms with Gasteiger partial charge in [-0.15, -0.1) is 22.7 Å². The van der Waals surface area contributed by atoms with Gasteiger partial charge in [-0.25, -0.2) is 0 Å². The number of pyridine rings is 2. The van der Waals surface area contributed by atoms with Crippen molar-refractivity contribution >= 4 is 42.8 Å². The van der Waals surface area contributed by atoms with Gasteiger partial charge in [0, 0.05) is 41.9 Å². The predicted octanol–water partition coefficient (Wildman–Crippen LogP) is 7.92. The van der Waals surface area contributed by atoms with Crippen LogP contribution in [0.25, 0.3) is 41.3 Å². The van der Waals surface area contributed by atoms with Crippen LogP contribution in [0.2, 0.25) is 0 Å². The minimum absolute atomic E-state index is 0. The molecule has 0 unspecified atom stereocenters. The van der Waals surface area contributed by atoms with Gasteiger partial charge in [0.25, 0.3) is 0 Å². The number of nitrogens with zero attached hydrogens (tertiary/aromatic N) is 2. The summed E-state index contributed by atoms with van der Waals surface area (Å²) in [5.41, 5.74) is 2.11. The predicted molar refractivity (Wildman–Crippen MR) is 130 cm³/mol. The Bertz CT molecular complexity index is 1220. The molecule has 4 heterocycles. The molecular formula is C26H18IrN2S2. The third-order valence-corrected chi connectivity index (χ3v) is 6.96. The van der Waals surface area contributed by atoms with Crippen molar-refractivity contribution in [2.75, 3.05) is 0 Å². The third kappa shape index (κ3) is 4.97. The van der Waals surface area contributed by atoms with Crippen LogP contribution in [-0.2, 0) is 20.1 Å². The Hall–Kier alpha value is -2.69. The molecule has 6 aromatic rings. The van der Waals surface area contributed by atoms with Gasteiger partial charge in [-0.3, -0.25) is 9.97 Å². The standard InChI is InChI=1S/2C13H9NS.Ir/c2*1-2-7-12-10(5-1)9-13(15-12)11-6-3-4-8-14-11;/h2*1-9H;. The molecule has 31 heavy (non-hydrogen) atoms. The molecule has 0 aliphatic heterocycles. The molecule has 153 valence electrons. The zero-order valence-electron chi connectivity index (χ0n) is 16.4. The first-order valence-electron chi connectivity index (χ1n) is 9.67. The summed E-state index contributed by atoms with van der Waals surface area (Å²) in [7, 11) is 0. The number of hydrogen-bond donors (Lipinski definition) is 0. The summed E-state index contributed by atoms with van der Waals surface area (Å²) in [4.78, 5) is 11.2. The molecule has 1 radical (unpaired) electrons. The quantitative estimate of drug-likeness (QED) is 0.198. The summed E-state index contributed by atoms with van der Waals surface area (Å²) in [5, 5.41) is 2.59. The number of rotatable bonds is 2. The van der Waals surface area contributed by atoms with Crippen molar-refractivity contribution in [1.82, 2.24) is 9.97 Å². The summed E-state index contributed by atoms with van der Waals surface area (Å²) >= 11 is 3.58. The van der Waals surface area contributed by atoms with E-state index in [4.69, 9.17) is 0 Å². The van der Waals surface area contributed by atoms with E-state index < -0.39 is 0 Å². The second-order valence-corrected chi connectivity index (χ2v) is 8.89. The van der Waals surface area contributed by atoms with Gasteiger partial charge < -0.3 is 0 Å². The van der Waals surface area contributed by atoms with E-state index in [0.29, 0.717) is 0 Å². The molecule has 0 N–H and O–H groups in total. The molecule has 4 aromatic heterocycles. The van der Waals surface area contributed by atoms with E-state index in [0.717, 1.165) is 11.4 Å². The second kappa shape index (κ2) is 10.1. The van der Waals surface area contributed by atoms with Crippen molar-refractivity contribution in [2.24, 2.45) is 0 Å². The monoisotopic (exact) mass is 615 g/mol. The smallest absolute Gasteiger partial charge is 0.0802 e. The largest absolute Gasteiger partial charge is 0.255 e. The number of hydrogen-bond acceptors (Lipinski definition) is 4. The average molecular weight is 615 g/mol. The first-order valence-corrected chi connectivity index (χ1v) is 11.3. The SMILES string of the molecule is [Ir].c1ccc(-c2cc3ccccc3s2)nc1.c1ccc(-c2cc3ccccc3s2)nc1. The number of thiophene rings is 2. The normalized spacial score (nSPS) is 10.3. The summed E-state index contributed by atoms with van der Waals surface area (Å²) < 4.78 is 2.64. The van der Waals surface area contributed by atoms with Crippen molar-refractivity contribution in [2.45, 2.75) is 0 Å². The minimum Gasteiger partial charge on any atom is -0.255 e. The Kier molecular flexibility index (Phi) is 7.00. The molecule has 5 heteroatoms. The Morgan fingerprint density at radius 3 is 1.29 bits per heavy atom. The zero-order chi connectivity index (χ0) is 20.2. The first kappa shape index (κ1) is 21.5. The van der Waals surface area contributed by atoms with E-state index in [1.54, 1.807) is 22.7 Å². The van der Waals surface area contributed by atoms with Crippen molar-refractivity contribution in [3.8, 4) is 21.1 Å². The van der Waals surface area contributed by atoms with Gasteiger partial charge in [-0.2, -0.15) is 0 Å². The average Bonchev–Trinajstić information content (AvgIpc) is 3.45. The summed E-state index contributed by atoms with van der Waals surface area (Å²) in [5.74, 6) is 0. The van der Waals surface area contributed by atoms with Gasteiger partial charge in [-0.1, -0.05) is 48.5 Å². The van der Waals surface area contributed by atoms with Crippen LogP contribution in [0, 0.1) is 0 Å². The van der Waals surface area contributed by atoms with Gasteiger partial charge in [-0.05, 0) is 59.3 Å². The number of fused-ring (bicyclic) bond motifs is 2. The third-order valence-electron chi connectivity index (χ3n) is 4.69. The molecule has 0 bridgehead atoms. The number of aromatic nitrogens is 2. The summed E-state index contributed by atoms with van der Waals surface area (Å²) in [6.07, 6.45) is 3.67. The molecule has 0 fully saturated rings. The summed E-state index contributed by atoms with van der Waals surface area (Å²) in [6, 6.07) is 33.2. The van der Waals surface area contributed by atoms with Gasteiger partial charge in [0.2, 0.25) is 0 Å². The second-order valence-electron chi connectivity index (χ2n) is 6.73. The van der Waals surface area contributed by atoms with Crippen molar-refractivity contribution in [3.05, 3.63) is 109 Å². The van der Waals surface area contributed by atoms with E-state index in [2.05, 4.69) is 70.6 Å². The van der Waals surface area contributed by atoms with E-state index >= 15 is 0 Å². The fourth-order valence-electron chi connectivity index (χ4n) is 3.23. The van der Waals surface area contributed by atoms with Crippen LogP contribution < -0.4 is 0 Å². The molecule has 0 saturated carbocycles. The molecule has 0 saturated heterocycles. The molecule has 2 nitrogen and oxygen atoms in total. The molecule has 0 aliphatic carbocycles. The van der Waals surface area contributed by atoms with E-state index in [1.165, 1.54) is 29.9 Å². The van der Waals surface area contributed by atoms with Crippen LogP contribution in [0.4, 0.5) is 0 Å². The maximum atomic E-state index is 4.35. The molecular weight excluding hydrogens is 597 g/mol. The minimum atomic E-state index is 0. The first-order chi connectivity index (χ1) is 14.9. The number of benzene rings is 2. The van der Waals surface area contributed by atoms with Crippen LogP contribution in [0.5, 0.6) is 0 Å².